The third kappa shape index (κ3) is 6.09. The highest BCUT2D eigenvalue weighted by molar-refractivity contribution is 7.25. The fourth-order valence-electron chi connectivity index (χ4n) is 9.43. The van der Waals surface area contributed by atoms with Gasteiger partial charge in [-0.05, 0) is 74.8 Å². The first-order valence-electron chi connectivity index (χ1n) is 21.6. The average molecular weight is 833 g/mol. The van der Waals surface area contributed by atoms with Crippen LogP contribution in [-0.2, 0) is 0 Å². The zero-order valence-electron chi connectivity index (χ0n) is 34.5. The highest BCUT2D eigenvalue weighted by Crippen LogP contribution is 2.41. The highest BCUT2D eigenvalue weighted by Gasteiger charge is 2.18. The Kier molecular flexibility index (Phi) is 8.36. The molecular weight excluding hydrogens is 797 g/mol. The summed E-state index contributed by atoms with van der Waals surface area (Å²) in [6.07, 6.45) is 0. The van der Waals surface area contributed by atoms with Gasteiger partial charge in [0, 0.05) is 58.7 Å². The number of thiophene rings is 1. The zero-order valence-corrected chi connectivity index (χ0v) is 35.3. The minimum atomic E-state index is 0.638. The van der Waals surface area contributed by atoms with Crippen molar-refractivity contribution < 1.29 is 0 Å². The first kappa shape index (κ1) is 36.4. The summed E-state index contributed by atoms with van der Waals surface area (Å²) in [6.45, 7) is 0. The number of hydrogen-bond acceptors (Lipinski definition) is 4. The Morgan fingerprint density at radius 3 is 1.58 bits per heavy atom. The van der Waals surface area contributed by atoms with E-state index in [2.05, 4.69) is 217 Å². The van der Waals surface area contributed by atoms with E-state index in [0.29, 0.717) is 17.5 Å². The summed E-state index contributed by atoms with van der Waals surface area (Å²) in [5, 5.41) is 9.78. The second kappa shape index (κ2) is 14.7. The molecule has 298 valence electrons. The number of benzene rings is 10. The fourth-order valence-corrected chi connectivity index (χ4v) is 10.6. The number of rotatable bonds is 6. The lowest BCUT2D eigenvalue weighted by Gasteiger charge is -2.11. The van der Waals surface area contributed by atoms with Gasteiger partial charge in [0.25, 0.3) is 0 Å². The van der Waals surface area contributed by atoms with Crippen LogP contribution in [0.15, 0.2) is 218 Å². The summed E-state index contributed by atoms with van der Waals surface area (Å²) in [5.74, 6) is 1.93. The minimum absolute atomic E-state index is 0.638. The molecule has 0 unspecified atom stereocenters. The van der Waals surface area contributed by atoms with E-state index in [4.69, 9.17) is 15.0 Å². The summed E-state index contributed by atoms with van der Waals surface area (Å²) in [4.78, 5) is 15.5. The van der Waals surface area contributed by atoms with Crippen LogP contribution in [-0.4, -0.2) is 19.5 Å². The second-order valence-electron chi connectivity index (χ2n) is 16.4. The minimum Gasteiger partial charge on any atom is -0.309 e. The molecule has 0 saturated heterocycles. The van der Waals surface area contributed by atoms with Crippen molar-refractivity contribution in [1.82, 2.24) is 19.5 Å². The smallest absolute Gasteiger partial charge is 0.164 e. The lowest BCUT2D eigenvalue weighted by molar-refractivity contribution is 1.08. The maximum absolute atomic E-state index is 5.18. The Bertz CT molecular complexity index is 3940. The molecule has 3 aromatic heterocycles. The van der Waals surface area contributed by atoms with Crippen LogP contribution in [0.4, 0.5) is 0 Å². The standard InChI is InChI=1S/C59H36N4S/c1-2-10-37(11-3-1)39-18-20-40(21-19-39)41-22-25-43(26-23-41)57-60-58(45-27-24-38-12-4-5-14-44(38)34-45)62-59(61-57)46-29-31-50-52-36-47(30-33-54(52)64-55(50)35-46)63-53-17-9-8-16-49(53)51-32-28-42-13-6-7-15-48(42)56(51)63/h1-36H. The third-order valence-corrected chi connectivity index (χ3v) is 13.8. The van der Waals surface area contributed by atoms with Crippen molar-refractivity contribution in [3.8, 4) is 62.1 Å². The quantitative estimate of drug-likeness (QED) is 0.168. The number of nitrogens with zero attached hydrogens (tertiary/aromatic N) is 4. The van der Waals surface area contributed by atoms with Crippen LogP contribution < -0.4 is 0 Å². The van der Waals surface area contributed by atoms with Crippen LogP contribution in [0.3, 0.4) is 0 Å². The van der Waals surface area contributed by atoms with Crippen molar-refractivity contribution in [3.63, 3.8) is 0 Å². The van der Waals surface area contributed by atoms with Crippen molar-refractivity contribution >= 4 is 74.9 Å². The first-order valence-corrected chi connectivity index (χ1v) is 22.4. The largest absolute Gasteiger partial charge is 0.309 e. The van der Waals surface area contributed by atoms with Crippen LogP contribution >= 0.6 is 11.3 Å². The van der Waals surface area contributed by atoms with Gasteiger partial charge in [0.1, 0.15) is 0 Å². The average Bonchev–Trinajstić information content (AvgIpc) is 3.92. The van der Waals surface area contributed by atoms with Gasteiger partial charge in [0.15, 0.2) is 17.5 Å². The molecule has 0 aliphatic heterocycles. The van der Waals surface area contributed by atoms with Gasteiger partial charge in [-0.15, -0.1) is 11.3 Å². The van der Waals surface area contributed by atoms with E-state index >= 15 is 0 Å². The molecule has 3 heterocycles. The van der Waals surface area contributed by atoms with Gasteiger partial charge >= 0.3 is 0 Å². The topological polar surface area (TPSA) is 43.6 Å². The molecule has 13 rings (SSSR count). The molecule has 0 radical (unpaired) electrons. The molecule has 5 heteroatoms. The Hall–Kier alpha value is -8.25. The second-order valence-corrected chi connectivity index (χ2v) is 17.5. The van der Waals surface area contributed by atoms with Gasteiger partial charge in [0.2, 0.25) is 0 Å². The Morgan fingerprint density at radius 1 is 0.297 bits per heavy atom. The van der Waals surface area contributed by atoms with Gasteiger partial charge in [-0.25, -0.2) is 15.0 Å². The van der Waals surface area contributed by atoms with Crippen LogP contribution in [0.25, 0.3) is 126 Å². The summed E-state index contributed by atoms with van der Waals surface area (Å²) in [5.41, 5.74) is 11.1. The molecule has 0 atom stereocenters. The van der Waals surface area contributed by atoms with Crippen molar-refractivity contribution in [2.24, 2.45) is 0 Å². The highest BCUT2D eigenvalue weighted by atomic mass is 32.1. The van der Waals surface area contributed by atoms with Gasteiger partial charge < -0.3 is 4.57 Å². The van der Waals surface area contributed by atoms with E-state index in [1.54, 1.807) is 0 Å². The Balaban J connectivity index is 0.912. The van der Waals surface area contributed by atoms with Crippen LogP contribution in [0.1, 0.15) is 0 Å². The Morgan fingerprint density at radius 2 is 0.828 bits per heavy atom. The maximum Gasteiger partial charge on any atom is 0.164 e. The monoisotopic (exact) mass is 832 g/mol. The van der Waals surface area contributed by atoms with E-state index in [9.17, 15) is 0 Å². The normalized spacial score (nSPS) is 11.8. The predicted octanol–water partition coefficient (Wildman–Crippen LogP) is 16.0. The molecule has 0 aliphatic rings. The molecule has 0 fully saturated rings. The number of aromatic nitrogens is 4. The number of fused-ring (bicyclic) bond motifs is 9. The SMILES string of the molecule is c1ccc(-c2ccc(-c3ccc(-c4nc(-c5ccc6ccccc6c5)nc(-c5ccc6c(c5)sc5ccc(-n7c8ccccc8c8ccc9ccccc9c87)cc56)n4)cc3)cc2)cc1. The number of hydrogen-bond donors (Lipinski definition) is 0. The van der Waals surface area contributed by atoms with Crippen molar-refractivity contribution in [1.29, 1.82) is 0 Å². The predicted molar refractivity (Wildman–Crippen MR) is 269 cm³/mol. The van der Waals surface area contributed by atoms with Crippen LogP contribution in [0.2, 0.25) is 0 Å². The fraction of sp³-hybridized carbons (Fsp3) is 0. The van der Waals surface area contributed by atoms with Gasteiger partial charge in [-0.1, -0.05) is 182 Å². The third-order valence-electron chi connectivity index (χ3n) is 12.6. The molecule has 0 saturated carbocycles. The molecule has 10 aromatic carbocycles. The zero-order chi connectivity index (χ0) is 42.1. The van der Waals surface area contributed by atoms with Crippen molar-refractivity contribution in [2.75, 3.05) is 0 Å². The first-order chi connectivity index (χ1) is 31.7. The van der Waals surface area contributed by atoms with Gasteiger partial charge in [-0.3, -0.25) is 0 Å². The lowest BCUT2D eigenvalue weighted by atomic mass is 9.99. The van der Waals surface area contributed by atoms with E-state index in [0.717, 1.165) is 38.9 Å². The van der Waals surface area contributed by atoms with Gasteiger partial charge in [-0.2, -0.15) is 0 Å². The van der Waals surface area contributed by atoms with Crippen LogP contribution in [0.5, 0.6) is 0 Å². The number of para-hydroxylation sites is 1. The summed E-state index contributed by atoms with van der Waals surface area (Å²) in [7, 11) is 0. The van der Waals surface area contributed by atoms with E-state index in [1.807, 2.05) is 17.4 Å². The van der Waals surface area contributed by atoms with Crippen LogP contribution in [0, 0.1) is 0 Å². The molecule has 0 amide bonds. The van der Waals surface area contributed by atoms with E-state index in [-0.39, 0.29) is 0 Å². The molecule has 13 aromatic rings. The Labute approximate surface area is 373 Å². The molecule has 0 aliphatic carbocycles. The van der Waals surface area contributed by atoms with E-state index in [1.165, 1.54) is 69.3 Å². The lowest BCUT2D eigenvalue weighted by Crippen LogP contribution is -2.00. The van der Waals surface area contributed by atoms with Crippen molar-refractivity contribution in [3.05, 3.63) is 218 Å². The molecule has 0 spiro atoms. The molecule has 64 heavy (non-hydrogen) atoms. The summed E-state index contributed by atoms with van der Waals surface area (Å²) >= 11 is 1.81. The summed E-state index contributed by atoms with van der Waals surface area (Å²) < 4.78 is 4.87. The molecule has 4 nitrogen and oxygen atoms in total. The molecule has 0 bridgehead atoms. The van der Waals surface area contributed by atoms with Gasteiger partial charge in [0.05, 0.1) is 11.0 Å². The molecule has 0 N–H and O–H groups in total. The summed E-state index contributed by atoms with van der Waals surface area (Å²) in [6, 6.07) is 78.2. The van der Waals surface area contributed by atoms with Crippen molar-refractivity contribution in [2.45, 2.75) is 0 Å². The molecular formula is C59H36N4S. The van der Waals surface area contributed by atoms with E-state index < -0.39 is 0 Å². The maximum atomic E-state index is 5.18.